The molecule has 3 aromatic rings. The van der Waals surface area contributed by atoms with Gasteiger partial charge in [0.2, 0.25) is 0 Å². The molecule has 0 saturated heterocycles. The number of hydrogen-bond donors (Lipinski definition) is 1. The molecule has 0 spiro atoms. The Labute approximate surface area is 125 Å². The van der Waals surface area contributed by atoms with Crippen molar-refractivity contribution in [3.05, 3.63) is 39.2 Å². The molecule has 0 fully saturated rings. The van der Waals surface area contributed by atoms with Gasteiger partial charge in [0, 0.05) is 9.75 Å². The van der Waals surface area contributed by atoms with Gasteiger partial charge >= 0.3 is 0 Å². The van der Waals surface area contributed by atoms with Gasteiger partial charge in [-0.3, -0.25) is 5.43 Å². The summed E-state index contributed by atoms with van der Waals surface area (Å²) in [4.78, 5) is 12.0. The Morgan fingerprint density at radius 3 is 3.05 bits per heavy atom. The maximum atomic E-state index is 4.30. The van der Waals surface area contributed by atoms with Crippen molar-refractivity contribution < 1.29 is 0 Å². The van der Waals surface area contributed by atoms with Crippen molar-refractivity contribution >= 4 is 44.9 Å². The van der Waals surface area contributed by atoms with Crippen LogP contribution in [0.3, 0.4) is 0 Å². The minimum absolute atomic E-state index is 0.761. The summed E-state index contributed by atoms with van der Waals surface area (Å²) in [5.41, 5.74) is 4.26. The molecule has 0 aliphatic rings. The summed E-state index contributed by atoms with van der Waals surface area (Å²) in [6.07, 6.45) is 4.42. The lowest BCUT2D eigenvalue weighted by Gasteiger charge is -1.99. The van der Waals surface area contributed by atoms with Crippen LogP contribution in [-0.4, -0.2) is 16.2 Å². The molecule has 20 heavy (non-hydrogen) atoms. The molecule has 3 heterocycles. The van der Waals surface area contributed by atoms with E-state index in [1.54, 1.807) is 29.0 Å². The number of nitrogens with one attached hydrogen (secondary N) is 1. The van der Waals surface area contributed by atoms with E-state index in [9.17, 15) is 0 Å². The first-order valence-electron chi connectivity index (χ1n) is 6.34. The number of hydrazone groups is 1. The van der Waals surface area contributed by atoms with E-state index in [4.69, 9.17) is 0 Å². The highest BCUT2D eigenvalue weighted by Crippen LogP contribution is 2.28. The minimum Gasteiger partial charge on any atom is -0.261 e. The second-order valence-corrected chi connectivity index (χ2v) is 6.41. The van der Waals surface area contributed by atoms with Gasteiger partial charge in [-0.15, -0.1) is 22.7 Å². The number of anilines is 1. The van der Waals surface area contributed by atoms with Crippen LogP contribution in [0.15, 0.2) is 28.9 Å². The molecular formula is C14H14N4S2. The van der Waals surface area contributed by atoms with Gasteiger partial charge in [-0.05, 0) is 36.4 Å². The Morgan fingerprint density at radius 1 is 1.40 bits per heavy atom. The van der Waals surface area contributed by atoms with Crippen LogP contribution in [0, 0.1) is 6.92 Å². The van der Waals surface area contributed by atoms with Gasteiger partial charge in [0.05, 0.1) is 11.6 Å². The van der Waals surface area contributed by atoms with Crippen molar-refractivity contribution in [1.82, 2.24) is 9.97 Å². The molecule has 1 N–H and O–H groups in total. The minimum atomic E-state index is 0.761. The van der Waals surface area contributed by atoms with Crippen molar-refractivity contribution in [2.75, 3.05) is 5.43 Å². The number of fused-ring (bicyclic) bond motifs is 1. The molecule has 0 saturated carbocycles. The van der Waals surface area contributed by atoms with Gasteiger partial charge in [0.25, 0.3) is 0 Å². The average molecular weight is 302 g/mol. The first-order valence-corrected chi connectivity index (χ1v) is 8.04. The van der Waals surface area contributed by atoms with Crippen molar-refractivity contribution in [2.45, 2.75) is 20.3 Å². The molecule has 4 nitrogen and oxygen atoms in total. The van der Waals surface area contributed by atoms with Crippen LogP contribution in [0.2, 0.25) is 0 Å². The van der Waals surface area contributed by atoms with Crippen LogP contribution < -0.4 is 5.43 Å². The zero-order valence-electron chi connectivity index (χ0n) is 11.3. The zero-order chi connectivity index (χ0) is 13.9. The summed E-state index contributed by atoms with van der Waals surface area (Å²) in [6, 6.07) is 4.22. The fraction of sp³-hybridized carbons (Fsp3) is 0.214. The molecule has 3 rings (SSSR count). The lowest BCUT2D eigenvalue weighted by molar-refractivity contribution is 1.18. The summed E-state index contributed by atoms with van der Waals surface area (Å²) >= 11 is 3.38. The molecule has 0 bridgehead atoms. The Kier molecular flexibility index (Phi) is 3.75. The largest absolute Gasteiger partial charge is 0.261 e. The number of hydrogen-bond acceptors (Lipinski definition) is 6. The Balaban J connectivity index is 1.85. The van der Waals surface area contributed by atoms with Crippen LogP contribution in [0.5, 0.6) is 0 Å². The van der Waals surface area contributed by atoms with Gasteiger partial charge in [-0.25, -0.2) is 9.97 Å². The number of aryl methyl sites for hydroxylation is 2. The quantitative estimate of drug-likeness (QED) is 0.584. The summed E-state index contributed by atoms with van der Waals surface area (Å²) in [5, 5.41) is 7.38. The topological polar surface area (TPSA) is 50.2 Å². The van der Waals surface area contributed by atoms with Gasteiger partial charge in [0.15, 0.2) is 5.82 Å². The van der Waals surface area contributed by atoms with E-state index in [1.807, 2.05) is 6.21 Å². The van der Waals surface area contributed by atoms with Gasteiger partial charge < -0.3 is 0 Å². The monoisotopic (exact) mass is 302 g/mol. The summed E-state index contributed by atoms with van der Waals surface area (Å²) < 4.78 is 0. The van der Waals surface area contributed by atoms with E-state index < -0.39 is 0 Å². The summed E-state index contributed by atoms with van der Waals surface area (Å²) in [7, 11) is 0. The van der Waals surface area contributed by atoms with E-state index in [1.165, 1.54) is 10.4 Å². The van der Waals surface area contributed by atoms with Crippen molar-refractivity contribution in [1.29, 1.82) is 0 Å². The highest BCUT2D eigenvalue weighted by atomic mass is 32.1. The van der Waals surface area contributed by atoms with Crippen LogP contribution >= 0.6 is 22.7 Å². The number of aromatic nitrogens is 2. The highest BCUT2D eigenvalue weighted by molar-refractivity contribution is 7.18. The predicted molar refractivity (Wildman–Crippen MR) is 87.1 cm³/mol. The first-order chi connectivity index (χ1) is 9.78. The number of thiophene rings is 2. The molecule has 0 radical (unpaired) electrons. The van der Waals surface area contributed by atoms with E-state index in [0.717, 1.165) is 27.3 Å². The normalized spacial score (nSPS) is 11.5. The fourth-order valence-electron chi connectivity index (χ4n) is 1.84. The van der Waals surface area contributed by atoms with Crippen LogP contribution in [0.1, 0.15) is 22.2 Å². The van der Waals surface area contributed by atoms with Crippen LogP contribution in [-0.2, 0) is 6.42 Å². The average Bonchev–Trinajstić information content (AvgIpc) is 3.05. The SMILES string of the molecule is CCc1cc2c(NN=Cc3sccc3C)ncnc2s1. The van der Waals surface area contributed by atoms with Crippen LogP contribution in [0.4, 0.5) is 5.82 Å². The highest BCUT2D eigenvalue weighted by Gasteiger charge is 2.07. The van der Waals surface area contributed by atoms with E-state index in [2.05, 4.69) is 51.9 Å². The third-order valence-electron chi connectivity index (χ3n) is 2.98. The lowest BCUT2D eigenvalue weighted by atomic mass is 10.3. The van der Waals surface area contributed by atoms with Gasteiger partial charge in [-0.2, -0.15) is 5.10 Å². The first kappa shape index (κ1) is 13.2. The third-order valence-corrected chi connectivity index (χ3v) is 5.12. The molecule has 0 aliphatic heterocycles. The Hall–Kier alpha value is -1.79. The van der Waals surface area contributed by atoms with E-state index in [-0.39, 0.29) is 0 Å². The van der Waals surface area contributed by atoms with E-state index >= 15 is 0 Å². The molecule has 0 atom stereocenters. The fourth-order valence-corrected chi connectivity index (χ4v) is 3.56. The molecule has 6 heteroatoms. The third kappa shape index (κ3) is 2.57. The summed E-state index contributed by atoms with van der Waals surface area (Å²) in [6.45, 7) is 4.22. The second-order valence-electron chi connectivity index (χ2n) is 4.35. The second kappa shape index (κ2) is 5.68. The van der Waals surface area contributed by atoms with Crippen molar-refractivity contribution in [3.8, 4) is 0 Å². The molecule has 0 aromatic carbocycles. The van der Waals surface area contributed by atoms with Crippen molar-refractivity contribution in [2.24, 2.45) is 5.10 Å². The summed E-state index contributed by atoms with van der Waals surface area (Å²) in [5.74, 6) is 0.761. The van der Waals surface area contributed by atoms with Crippen molar-refractivity contribution in [3.63, 3.8) is 0 Å². The maximum Gasteiger partial charge on any atom is 0.158 e. The number of rotatable bonds is 4. The molecule has 0 aliphatic carbocycles. The van der Waals surface area contributed by atoms with E-state index in [0.29, 0.717) is 0 Å². The molecule has 0 unspecified atom stereocenters. The standard InChI is InChI=1S/C14H14N4S2/c1-3-10-6-11-13(15-8-16-14(11)20-10)18-17-7-12-9(2)4-5-19-12/h4-8H,3H2,1-2H3,(H,15,16,18). The van der Waals surface area contributed by atoms with Crippen LogP contribution in [0.25, 0.3) is 10.2 Å². The molecular weight excluding hydrogens is 288 g/mol. The number of nitrogens with zero attached hydrogens (tertiary/aromatic N) is 3. The molecule has 0 amide bonds. The lowest BCUT2D eigenvalue weighted by Crippen LogP contribution is -1.94. The zero-order valence-corrected chi connectivity index (χ0v) is 12.9. The molecule has 102 valence electrons. The Bertz CT molecular complexity index is 757. The molecule has 3 aromatic heterocycles. The Morgan fingerprint density at radius 2 is 2.30 bits per heavy atom. The van der Waals surface area contributed by atoms with Gasteiger partial charge in [0.1, 0.15) is 11.2 Å². The smallest absolute Gasteiger partial charge is 0.158 e. The van der Waals surface area contributed by atoms with Gasteiger partial charge in [-0.1, -0.05) is 6.92 Å². The maximum absolute atomic E-state index is 4.30. The predicted octanol–water partition coefficient (Wildman–Crippen LogP) is 4.07.